The van der Waals surface area contributed by atoms with Crippen molar-refractivity contribution < 1.29 is 9.53 Å². The average Bonchev–Trinajstić information content (AvgIpc) is 2.56. The molecule has 6 heteroatoms. The lowest BCUT2D eigenvalue weighted by Gasteiger charge is -2.32. The Bertz CT molecular complexity index is 440. The highest BCUT2D eigenvalue weighted by Crippen LogP contribution is 2.34. The van der Waals surface area contributed by atoms with Crippen LogP contribution in [0, 0.1) is 5.41 Å². The Morgan fingerprint density at radius 2 is 1.95 bits per heavy atom. The topological polar surface area (TPSA) is 93.0 Å². The first-order valence-corrected chi connectivity index (χ1v) is 6.29. The molecule has 108 valence electrons. The number of hydrogen-bond donors (Lipinski definition) is 3. The van der Waals surface area contributed by atoms with Gasteiger partial charge < -0.3 is 15.8 Å². The summed E-state index contributed by atoms with van der Waals surface area (Å²) >= 11 is 0. The Morgan fingerprint density at radius 1 is 1.37 bits per heavy atom. The average molecular weight is 268 g/mol. The quantitative estimate of drug-likeness (QED) is 0.768. The summed E-state index contributed by atoms with van der Waals surface area (Å²) < 4.78 is 5.28. The number of H-pyrrole nitrogens is 1. The highest BCUT2D eigenvalue weighted by Gasteiger charge is 2.32. The second-order valence-corrected chi connectivity index (χ2v) is 6.68. The maximum Gasteiger partial charge on any atom is 0.408 e. The summed E-state index contributed by atoms with van der Waals surface area (Å²) in [6.45, 7) is 11.5. The number of rotatable bonds is 2. The molecule has 1 rings (SSSR count). The SMILES string of the molecule is CC(C)(C)OC(=O)NC(c1[nH]ncc1N)C(C)(C)C. The lowest BCUT2D eigenvalue weighted by molar-refractivity contribution is 0.0461. The molecule has 0 radical (unpaired) electrons. The van der Waals surface area contributed by atoms with Gasteiger partial charge in [-0.2, -0.15) is 5.10 Å². The molecular formula is C13H24N4O2. The van der Waals surface area contributed by atoms with Crippen LogP contribution in [0.5, 0.6) is 0 Å². The van der Waals surface area contributed by atoms with E-state index in [4.69, 9.17) is 10.5 Å². The summed E-state index contributed by atoms with van der Waals surface area (Å²) in [4.78, 5) is 11.9. The van der Waals surface area contributed by atoms with Gasteiger partial charge in [-0.15, -0.1) is 0 Å². The van der Waals surface area contributed by atoms with Crippen molar-refractivity contribution in [2.24, 2.45) is 5.41 Å². The number of amides is 1. The minimum atomic E-state index is -0.536. The Hall–Kier alpha value is -1.72. The molecule has 1 heterocycles. The van der Waals surface area contributed by atoms with Gasteiger partial charge in [-0.05, 0) is 26.2 Å². The van der Waals surface area contributed by atoms with E-state index in [2.05, 4.69) is 15.5 Å². The van der Waals surface area contributed by atoms with E-state index in [1.54, 1.807) is 0 Å². The summed E-state index contributed by atoms with van der Waals surface area (Å²) in [5.74, 6) is 0. The Morgan fingerprint density at radius 3 is 2.32 bits per heavy atom. The van der Waals surface area contributed by atoms with Crippen LogP contribution in [0.1, 0.15) is 53.3 Å². The van der Waals surface area contributed by atoms with Gasteiger partial charge in [0, 0.05) is 0 Å². The first-order valence-electron chi connectivity index (χ1n) is 6.29. The summed E-state index contributed by atoms with van der Waals surface area (Å²) in [6.07, 6.45) is 1.06. The highest BCUT2D eigenvalue weighted by molar-refractivity contribution is 5.69. The Labute approximate surface area is 114 Å². The zero-order valence-corrected chi connectivity index (χ0v) is 12.5. The normalized spacial score (nSPS) is 14.0. The third kappa shape index (κ3) is 4.46. The molecule has 0 aliphatic carbocycles. The second-order valence-electron chi connectivity index (χ2n) is 6.68. The van der Waals surface area contributed by atoms with Gasteiger partial charge in [-0.3, -0.25) is 5.10 Å². The third-order valence-corrected chi connectivity index (χ3v) is 2.52. The van der Waals surface area contributed by atoms with E-state index in [0.717, 1.165) is 0 Å². The van der Waals surface area contributed by atoms with Crippen LogP contribution < -0.4 is 11.1 Å². The smallest absolute Gasteiger partial charge is 0.408 e. The predicted octanol–water partition coefficient (Wildman–Crippen LogP) is 2.60. The van der Waals surface area contributed by atoms with Crippen molar-refractivity contribution >= 4 is 11.8 Å². The number of carbonyl (C=O) groups is 1. The minimum absolute atomic E-state index is 0.225. The van der Waals surface area contributed by atoms with Crippen molar-refractivity contribution in [2.45, 2.75) is 53.2 Å². The van der Waals surface area contributed by atoms with Crippen LogP contribution in [0.3, 0.4) is 0 Å². The van der Waals surface area contributed by atoms with Crippen LogP contribution in [0.4, 0.5) is 10.5 Å². The van der Waals surface area contributed by atoms with E-state index >= 15 is 0 Å². The third-order valence-electron chi connectivity index (χ3n) is 2.52. The molecule has 0 aromatic carbocycles. The van der Waals surface area contributed by atoms with Gasteiger partial charge in [0.15, 0.2) is 0 Å². The minimum Gasteiger partial charge on any atom is -0.444 e. The van der Waals surface area contributed by atoms with Gasteiger partial charge in [-0.25, -0.2) is 4.79 Å². The van der Waals surface area contributed by atoms with Gasteiger partial charge >= 0.3 is 6.09 Å². The summed E-state index contributed by atoms with van der Waals surface area (Å²) in [6, 6.07) is -0.301. The predicted molar refractivity (Wildman–Crippen MR) is 74.6 cm³/mol. The van der Waals surface area contributed by atoms with Gasteiger partial charge in [-0.1, -0.05) is 20.8 Å². The number of hydrogen-bond acceptors (Lipinski definition) is 4. The van der Waals surface area contributed by atoms with Crippen LogP contribution in [0.15, 0.2) is 6.20 Å². The van der Waals surface area contributed by atoms with E-state index < -0.39 is 11.7 Å². The van der Waals surface area contributed by atoms with Gasteiger partial charge in [0.25, 0.3) is 0 Å². The first kappa shape index (κ1) is 15.3. The van der Waals surface area contributed by atoms with E-state index in [9.17, 15) is 4.79 Å². The molecule has 6 nitrogen and oxygen atoms in total. The van der Waals surface area contributed by atoms with Gasteiger partial charge in [0.1, 0.15) is 5.60 Å². The largest absolute Gasteiger partial charge is 0.444 e. The number of nitrogens with one attached hydrogen (secondary N) is 2. The maximum atomic E-state index is 11.9. The summed E-state index contributed by atoms with van der Waals surface area (Å²) in [5.41, 5.74) is 6.31. The molecule has 4 N–H and O–H groups in total. The zero-order chi connectivity index (χ0) is 14.8. The molecule has 0 aliphatic heterocycles. The number of aromatic nitrogens is 2. The van der Waals surface area contributed by atoms with E-state index in [-0.39, 0.29) is 11.5 Å². The number of nitrogens with zero attached hydrogens (tertiary/aromatic N) is 1. The molecule has 19 heavy (non-hydrogen) atoms. The number of ether oxygens (including phenoxy) is 1. The summed E-state index contributed by atoms with van der Waals surface area (Å²) in [5, 5.41) is 9.58. The number of carbonyl (C=O) groups excluding carboxylic acids is 1. The lowest BCUT2D eigenvalue weighted by atomic mass is 9.84. The Kier molecular flexibility index (Phi) is 4.12. The summed E-state index contributed by atoms with van der Waals surface area (Å²) in [7, 11) is 0. The van der Waals surface area contributed by atoms with E-state index in [0.29, 0.717) is 11.4 Å². The standard InChI is InChI=1S/C13H24N4O2/c1-12(2,3)10(9-8(14)7-15-17-9)16-11(18)19-13(4,5)6/h7,10H,14H2,1-6H3,(H,15,17)(H,16,18). The molecule has 0 spiro atoms. The molecular weight excluding hydrogens is 244 g/mol. The molecule has 0 aliphatic rings. The Balaban J connectivity index is 2.90. The van der Waals surface area contributed by atoms with Crippen LogP contribution in [0.2, 0.25) is 0 Å². The van der Waals surface area contributed by atoms with E-state index in [1.165, 1.54) is 6.20 Å². The molecule has 1 aromatic heterocycles. The van der Waals surface area contributed by atoms with Crippen LogP contribution >= 0.6 is 0 Å². The molecule has 0 bridgehead atoms. The van der Waals surface area contributed by atoms with E-state index in [1.807, 2.05) is 41.5 Å². The monoisotopic (exact) mass is 268 g/mol. The fourth-order valence-corrected chi connectivity index (χ4v) is 1.68. The molecule has 0 saturated carbocycles. The lowest BCUT2D eigenvalue weighted by Crippen LogP contribution is -2.40. The number of nitrogen functional groups attached to an aromatic ring is 1. The van der Waals surface area contributed by atoms with Crippen LogP contribution in [0.25, 0.3) is 0 Å². The molecule has 1 amide bonds. The molecule has 0 saturated heterocycles. The first-order chi connectivity index (χ1) is 8.50. The second kappa shape index (κ2) is 5.11. The highest BCUT2D eigenvalue weighted by atomic mass is 16.6. The van der Waals surface area contributed by atoms with Gasteiger partial charge in [0.2, 0.25) is 0 Å². The number of anilines is 1. The van der Waals surface area contributed by atoms with Crippen molar-refractivity contribution in [3.8, 4) is 0 Å². The van der Waals surface area contributed by atoms with Crippen molar-refractivity contribution in [2.75, 3.05) is 5.73 Å². The van der Waals surface area contributed by atoms with Crippen LogP contribution in [-0.4, -0.2) is 21.9 Å². The molecule has 1 unspecified atom stereocenters. The molecule has 0 fully saturated rings. The zero-order valence-electron chi connectivity index (χ0n) is 12.5. The van der Waals surface area contributed by atoms with Crippen molar-refractivity contribution in [1.29, 1.82) is 0 Å². The van der Waals surface area contributed by atoms with Crippen molar-refractivity contribution in [3.63, 3.8) is 0 Å². The molecule has 1 atom stereocenters. The molecule has 1 aromatic rings. The fourth-order valence-electron chi connectivity index (χ4n) is 1.68. The number of aromatic amines is 1. The van der Waals surface area contributed by atoms with Crippen molar-refractivity contribution in [3.05, 3.63) is 11.9 Å². The van der Waals surface area contributed by atoms with Crippen molar-refractivity contribution in [1.82, 2.24) is 15.5 Å². The van der Waals surface area contributed by atoms with Gasteiger partial charge in [0.05, 0.1) is 23.6 Å². The number of nitrogens with two attached hydrogens (primary N) is 1. The number of alkyl carbamates (subject to hydrolysis) is 1. The fraction of sp³-hybridized carbons (Fsp3) is 0.692. The maximum absolute atomic E-state index is 11.9. The van der Waals surface area contributed by atoms with Crippen LogP contribution in [-0.2, 0) is 4.74 Å².